The monoisotopic (exact) mass is 263 g/mol. The second kappa shape index (κ2) is 5.55. The molecule has 0 bridgehead atoms. The lowest BCUT2D eigenvalue weighted by atomic mass is 9.93. The number of nitrogens with two attached hydrogens (primary N) is 1. The van der Waals surface area contributed by atoms with Crippen LogP contribution in [0.1, 0.15) is 24.5 Å². The van der Waals surface area contributed by atoms with E-state index < -0.39 is 5.85 Å². The number of hydrogen-bond acceptors (Lipinski definition) is 3. The molecular formula is C15H18FNO2. The first-order chi connectivity index (χ1) is 9.06. The van der Waals surface area contributed by atoms with Gasteiger partial charge in [-0.15, -0.1) is 0 Å². The number of ether oxygens (including phenoxy) is 1. The predicted octanol–water partition coefficient (Wildman–Crippen LogP) is 2.51. The smallest absolute Gasteiger partial charge is 0.268 e. The highest BCUT2D eigenvalue weighted by atomic mass is 19.2. The van der Waals surface area contributed by atoms with Crippen molar-refractivity contribution < 1.29 is 14.2 Å². The molecule has 0 aromatic heterocycles. The number of halogens is 1. The molecule has 3 nitrogen and oxygen atoms in total. The summed E-state index contributed by atoms with van der Waals surface area (Å²) in [5.41, 5.74) is 8.16. The van der Waals surface area contributed by atoms with Crippen LogP contribution < -0.4 is 5.73 Å². The van der Waals surface area contributed by atoms with Crippen LogP contribution in [0.3, 0.4) is 0 Å². The van der Waals surface area contributed by atoms with Crippen molar-refractivity contribution in [1.29, 1.82) is 0 Å². The molecule has 0 saturated carbocycles. The van der Waals surface area contributed by atoms with E-state index in [1.54, 1.807) is 13.0 Å². The van der Waals surface area contributed by atoms with Gasteiger partial charge in [0.25, 0.3) is 5.85 Å². The second-order valence-electron chi connectivity index (χ2n) is 4.49. The molecule has 1 atom stereocenters. The summed E-state index contributed by atoms with van der Waals surface area (Å²) < 4.78 is 19.2. The Bertz CT molecular complexity index is 503. The fourth-order valence-electron chi connectivity index (χ4n) is 2.07. The maximum Gasteiger partial charge on any atom is 0.268 e. The van der Waals surface area contributed by atoms with Gasteiger partial charge in [0.2, 0.25) is 0 Å². The second-order valence-corrected chi connectivity index (χ2v) is 4.49. The Balaban J connectivity index is 2.26. The first-order valence-corrected chi connectivity index (χ1v) is 6.31. The number of alkyl halides is 1. The minimum absolute atomic E-state index is 0.0303. The van der Waals surface area contributed by atoms with Crippen molar-refractivity contribution in [2.24, 2.45) is 5.73 Å². The van der Waals surface area contributed by atoms with Gasteiger partial charge in [0.15, 0.2) is 5.76 Å². The van der Waals surface area contributed by atoms with Crippen LogP contribution in [0.25, 0.3) is 5.57 Å². The zero-order valence-corrected chi connectivity index (χ0v) is 10.9. The molecule has 3 N–H and O–H groups in total. The lowest BCUT2D eigenvalue weighted by Gasteiger charge is -2.26. The minimum atomic E-state index is -2.44. The summed E-state index contributed by atoms with van der Waals surface area (Å²) in [5, 5.41) is 9.78. The summed E-state index contributed by atoms with van der Waals surface area (Å²) in [7, 11) is 0. The summed E-state index contributed by atoms with van der Waals surface area (Å²) in [6, 6.07) is 7.55. The van der Waals surface area contributed by atoms with Crippen molar-refractivity contribution in [3.63, 3.8) is 0 Å². The standard InChI is InChI=1S/C15H18FNO2/c1-2-19-14-8-7-13(9-15(14,16)18)12-5-3-11(10-17)4-6-12/h3-8,18H,2,9-10,17H2,1H3. The van der Waals surface area contributed by atoms with Crippen LogP contribution in [0.5, 0.6) is 0 Å². The Hall–Kier alpha value is -1.65. The molecule has 1 unspecified atom stereocenters. The predicted molar refractivity (Wildman–Crippen MR) is 72.7 cm³/mol. The van der Waals surface area contributed by atoms with Crippen LogP contribution in [-0.2, 0) is 11.3 Å². The topological polar surface area (TPSA) is 55.5 Å². The van der Waals surface area contributed by atoms with Crippen LogP contribution in [-0.4, -0.2) is 17.6 Å². The van der Waals surface area contributed by atoms with Crippen LogP contribution in [0.15, 0.2) is 42.2 Å². The molecule has 0 fully saturated rings. The number of rotatable bonds is 4. The van der Waals surface area contributed by atoms with E-state index in [0.717, 1.165) is 16.7 Å². The van der Waals surface area contributed by atoms with Gasteiger partial charge in [-0.05, 0) is 29.7 Å². The van der Waals surface area contributed by atoms with Gasteiger partial charge in [-0.1, -0.05) is 30.3 Å². The lowest BCUT2D eigenvalue weighted by Crippen LogP contribution is -2.29. The van der Waals surface area contributed by atoms with Crippen molar-refractivity contribution >= 4 is 5.57 Å². The van der Waals surface area contributed by atoms with Crippen molar-refractivity contribution in [3.8, 4) is 0 Å². The minimum Gasteiger partial charge on any atom is -0.492 e. The van der Waals surface area contributed by atoms with Crippen LogP contribution in [0.2, 0.25) is 0 Å². The maximum atomic E-state index is 14.1. The molecule has 2 rings (SSSR count). The van der Waals surface area contributed by atoms with E-state index in [0.29, 0.717) is 13.2 Å². The fraction of sp³-hybridized carbons (Fsp3) is 0.333. The molecule has 0 radical (unpaired) electrons. The third kappa shape index (κ3) is 3.03. The number of aliphatic hydroxyl groups is 1. The fourth-order valence-corrected chi connectivity index (χ4v) is 2.07. The van der Waals surface area contributed by atoms with Crippen molar-refractivity contribution in [2.75, 3.05) is 6.61 Å². The van der Waals surface area contributed by atoms with Gasteiger partial charge >= 0.3 is 0 Å². The largest absolute Gasteiger partial charge is 0.492 e. The SMILES string of the molecule is CCOC1=CC=C(c2ccc(CN)cc2)CC1(O)F. The molecule has 1 aromatic carbocycles. The molecular weight excluding hydrogens is 245 g/mol. The third-order valence-electron chi connectivity index (χ3n) is 3.10. The molecule has 0 heterocycles. The molecule has 1 aliphatic rings. The Morgan fingerprint density at radius 1 is 1.32 bits per heavy atom. The first kappa shape index (κ1) is 13.8. The van der Waals surface area contributed by atoms with Crippen LogP contribution >= 0.6 is 0 Å². The van der Waals surface area contributed by atoms with Crippen molar-refractivity contribution in [3.05, 3.63) is 53.3 Å². The van der Waals surface area contributed by atoms with Crippen LogP contribution in [0.4, 0.5) is 4.39 Å². The van der Waals surface area contributed by atoms with Gasteiger partial charge in [-0.25, -0.2) is 4.39 Å². The highest BCUT2D eigenvalue weighted by Crippen LogP contribution is 2.36. The summed E-state index contributed by atoms with van der Waals surface area (Å²) in [4.78, 5) is 0. The summed E-state index contributed by atoms with van der Waals surface area (Å²) in [6.45, 7) is 2.55. The zero-order chi connectivity index (χ0) is 13.9. The number of benzene rings is 1. The van der Waals surface area contributed by atoms with E-state index in [9.17, 15) is 9.50 Å². The highest BCUT2D eigenvalue weighted by Gasteiger charge is 2.36. The molecule has 0 spiro atoms. The summed E-state index contributed by atoms with van der Waals surface area (Å²) in [5.74, 6) is -2.47. The highest BCUT2D eigenvalue weighted by molar-refractivity contribution is 5.70. The third-order valence-corrected chi connectivity index (χ3v) is 3.10. The average Bonchev–Trinajstić information content (AvgIpc) is 2.41. The Morgan fingerprint density at radius 2 is 2.00 bits per heavy atom. The lowest BCUT2D eigenvalue weighted by molar-refractivity contribution is -0.0901. The van der Waals surface area contributed by atoms with E-state index in [1.165, 1.54) is 6.08 Å². The van der Waals surface area contributed by atoms with Gasteiger partial charge in [0.1, 0.15) is 0 Å². The first-order valence-electron chi connectivity index (χ1n) is 6.31. The van der Waals surface area contributed by atoms with Gasteiger partial charge in [-0.2, -0.15) is 0 Å². The van der Waals surface area contributed by atoms with Gasteiger partial charge in [0, 0.05) is 13.0 Å². The maximum absolute atomic E-state index is 14.1. The van der Waals surface area contributed by atoms with E-state index in [-0.39, 0.29) is 12.2 Å². The molecule has 19 heavy (non-hydrogen) atoms. The molecule has 1 aliphatic carbocycles. The number of hydrogen-bond donors (Lipinski definition) is 2. The van der Waals surface area contributed by atoms with E-state index in [1.807, 2.05) is 24.3 Å². The van der Waals surface area contributed by atoms with Crippen LogP contribution in [0, 0.1) is 0 Å². The Kier molecular flexibility index (Phi) is 4.02. The van der Waals surface area contributed by atoms with E-state index >= 15 is 0 Å². The molecule has 0 aliphatic heterocycles. The van der Waals surface area contributed by atoms with Crippen molar-refractivity contribution in [2.45, 2.75) is 25.7 Å². The van der Waals surface area contributed by atoms with E-state index in [4.69, 9.17) is 10.5 Å². The molecule has 0 saturated heterocycles. The molecule has 0 amide bonds. The average molecular weight is 263 g/mol. The van der Waals surface area contributed by atoms with E-state index in [2.05, 4.69) is 0 Å². The molecule has 102 valence electrons. The van der Waals surface area contributed by atoms with Gasteiger partial charge in [-0.3, -0.25) is 0 Å². The van der Waals surface area contributed by atoms with Crippen molar-refractivity contribution in [1.82, 2.24) is 0 Å². The van der Waals surface area contributed by atoms with Gasteiger partial charge in [0.05, 0.1) is 6.61 Å². The summed E-state index contributed by atoms with van der Waals surface area (Å²) >= 11 is 0. The Morgan fingerprint density at radius 3 is 2.53 bits per heavy atom. The molecule has 1 aromatic rings. The zero-order valence-electron chi connectivity index (χ0n) is 10.9. The Labute approximate surface area is 112 Å². The molecule has 4 heteroatoms. The quantitative estimate of drug-likeness (QED) is 0.877. The van der Waals surface area contributed by atoms with Gasteiger partial charge < -0.3 is 15.6 Å². The summed E-state index contributed by atoms with van der Waals surface area (Å²) in [6.07, 6.45) is 3.15. The number of allylic oxidation sites excluding steroid dienone is 2. The normalized spacial score (nSPS) is 22.7.